The van der Waals surface area contributed by atoms with Gasteiger partial charge in [0.1, 0.15) is 0 Å². The van der Waals surface area contributed by atoms with Crippen molar-refractivity contribution in [2.24, 2.45) is 5.92 Å². The Labute approximate surface area is 91.0 Å². The highest BCUT2D eigenvalue weighted by Crippen LogP contribution is 2.23. The van der Waals surface area contributed by atoms with Crippen molar-refractivity contribution in [1.29, 1.82) is 0 Å². The van der Waals surface area contributed by atoms with Crippen LogP contribution >= 0.6 is 0 Å². The lowest BCUT2D eigenvalue weighted by Gasteiger charge is -2.41. The van der Waals surface area contributed by atoms with Gasteiger partial charge in [0, 0.05) is 45.8 Å². The largest absolute Gasteiger partial charge is 0.381 e. The Morgan fingerprint density at radius 3 is 2.80 bits per heavy atom. The first-order valence-electron chi connectivity index (χ1n) is 5.84. The minimum absolute atomic E-state index is 0.216. The predicted octanol–water partition coefficient (Wildman–Crippen LogP) is 0.233. The van der Waals surface area contributed by atoms with E-state index in [-0.39, 0.29) is 5.91 Å². The quantitative estimate of drug-likeness (QED) is 0.676. The molecule has 0 radical (unpaired) electrons. The number of nitrogens with zero attached hydrogens (tertiary/aromatic N) is 1. The second-order valence-electron chi connectivity index (χ2n) is 4.43. The van der Waals surface area contributed by atoms with Crippen LogP contribution in [0.1, 0.15) is 19.8 Å². The molecule has 1 unspecified atom stereocenters. The van der Waals surface area contributed by atoms with Gasteiger partial charge in [0.2, 0.25) is 5.91 Å². The Morgan fingerprint density at radius 1 is 1.40 bits per heavy atom. The van der Waals surface area contributed by atoms with E-state index in [9.17, 15) is 4.79 Å². The number of nitrogens with one attached hydrogen (secondary N) is 1. The Balaban J connectivity index is 1.99. The van der Waals surface area contributed by atoms with Gasteiger partial charge in [-0.1, -0.05) is 0 Å². The van der Waals surface area contributed by atoms with E-state index in [1.165, 1.54) is 0 Å². The number of carbonyl (C=O) groups excluding carboxylic acids is 1. The summed E-state index contributed by atoms with van der Waals surface area (Å²) in [6.45, 7) is 6.12. The molecule has 2 fully saturated rings. The number of rotatable bonds is 1. The highest BCUT2D eigenvalue weighted by Gasteiger charge is 2.32. The van der Waals surface area contributed by atoms with Crippen molar-refractivity contribution >= 4 is 5.91 Å². The summed E-state index contributed by atoms with van der Waals surface area (Å²) in [4.78, 5) is 13.6. The number of ether oxygens (including phenoxy) is 1. The summed E-state index contributed by atoms with van der Waals surface area (Å²) in [5, 5.41) is 3.38. The molecule has 0 aromatic carbocycles. The van der Waals surface area contributed by atoms with E-state index in [1.54, 1.807) is 6.92 Å². The Hall–Kier alpha value is -0.610. The van der Waals surface area contributed by atoms with Crippen LogP contribution in [0.4, 0.5) is 0 Å². The third-order valence-electron chi connectivity index (χ3n) is 3.50. The van der Waals surface area contributed by atoms with Crippen LogP contribution in [0.5, 0.6) is 0 Å². The standard InChI is InChI=1S/C11H20N2O2/c1-9(14)13-5-4-12-8-11(13)10-2-6-15-7-3-10/h10-12H,2-8H2,1H3. The Kier molecular flexibility index (Phi) is 3.59. The van der Waals surface area contributed by atoms with Gasteiger partial charge in [0.15, 0.2) is 0 Å². The molecule has 2 aliphatic rings. The fourth-order valence-electron chi connectivity index (χ4n) is 2.64. The molecule has 2 rings (SSSR count). The van der Waals surface area contributed by atoms with E-state index in [0.29, 0.717) is 12.0 Å². The van der Waals surface area contributed by atoms with Crippen LogP contribution in [0.25, 0.3) is 0 Å². The van der Waals surface area contributed by atoms with Crippen LogP contribution < -0.4 is 5.32 Å². The molecule has 0 saturated carbocycles. The summed E-state index contributed by atoms with van der Waals surface area (Å²) >= 11 is 0. The summed E-state index contributed by atoms with van der Waals surface area (Å²) < 4.78 is 5.36. The van der Waals surface area contributed by atoms with Gasteiger partial charge in [-0.2, -0.15) is 0 Å². The van der Waals surface area contributed by atoms with Crippen LogP contribution in [0.2, 0.25) is 0 Å². The second kappa shape index (κ2) is 4.94. The third kappa shape index (κ3) is 2.49. The van der Waals surface area contributed by atoms with E-state index < -0.39 is 0 Å². The highest BCUT2D eigenvalue weighted by molar-refractivity contribution is 5.73. The smallest absolute Gasteiger partial charge is 0.219 e. The number of carbonyl (C=O) groups is 1. The molecule has 1 atom stereocenters. The minimum Gasteiger partial charge on any atom is -0.381 e. The van der Waals surface area contributed by atoms with E-state index in [1.807, 2.05) is 4.90 Å². The van der Waals surface area contributed by atoms with Crippen molar-refractivity contribution in [2.45, 2.75) is 25.8 Å². The predicted molar refractivity (Wildman–Crippen MR) is 57.6 cm³/mol. The average molecular weight is 212 g/mol. The zero-order valence-corrected chi connectivity index (χ0v) is 9.37. The molecule has 0 aromatic rings. The molecule has 4 nitrogen and oxygen atoms in total. The van der Waals surface area contributed by atoms with Gasteiger partial charge in [0.05, 0.1) is 0 Å². The molecule has 0 aromatic heterocycles. The van der Waals surface area contributed by atoms with Crippen LogP contribution in [0, 0.1) is 5.92 Å². The number of piperazine rings is 1. The first-order valence-corrected chi connectivity index (χ1v) is 5.84. The van der Waals surface area contributed by atoms with Crippen molar-refractivity contribution < 1.29 is 9.53 Å². The maximum Gasteiger partial charge on any atom is 0.219 e. The monoisotopic (exact) mass is 212 g/mol. The van der Waals surface area contributed by atoms with Crippen LogP contribution in [0.3, 0.4) is 0 Å². The molecule has 0 aliphatic carbocycles. The summed E-state index contributed by atoms with van der Waals surface area (Å²) in [5.41, 5.74) is 0. The van der Waals surface area contributed by atoms with Gasteiger partial charge in [0.25, 0.3) is 0 Å². The van der Waals surface area contributed by atoms with Crippen molar-refractivity contribution in [3.05, 3.63) is 0 Å². The van der Waals surface area contributed by atoms with Crippen LogP contribution in [0.15, 0.2) is 0 Å². The number of hydrogen-bond donors (Lipinski definition) is 1. The normalized spacial score (nSPS) is 29.1. The summed E-state index contributed by atoms with van der Waals surface area (Å²) in [5.74, 6) is 0.837. The lowest BCUT2D eigenvalue weighted by atomic mass is 9.89. The summed E-state index contributed by atoms with van der Waals surface area (Å²) in [6, 6.07) is 0.389. The lowest BCUT2D eigenvalue weighted by molar-refractivity contribution is -0.134. The molecular weight excluding hydrogens is 192 g/mol. The molecule has 0 spiro atoms. The minimum atomic E-state index is 0.216. The zero-order valence-electron chi connectivity index (χ0n) is 9.37. The second-order valence-corrected chi connectivity index (χ2v) is 4.43. The first-order chi connectivity index (χ1) is 7.29. The van der Waals surface area contributed by atoms with Crippen LogP contribution in [-0.2, 0) is 9.53 Å². The maximum atomic E-state index is 11.5. The maximum absolute atomic E-state index is 11.5. The third-order valence-corrected chi connectivity index (χ3v) is 3.50. The van der Waals surface area contributed by atoms with Crippen molar-refractivity contribution in [1.82, 2.24) is 10.2 Å². The molecule has 4 heteroatoms. The van der Waals surface area contributed by atoms with Gasteiger partial charge >= 0.3 is 0 Å². The molecule has 2 saturated heterocycles. The number of amides is 1. The molecule has 1 amide bonds. The lowest BCUT2D eigenvalue weighted by Crippen LogP contribution is -2.56. The molecule has 15 heavy (non-hydrogen) atoms. The van der Waals surface area contributed by atoms with Gasteiger partial charge in [-0.3, -0.25) is 4.79 Å². The topological polar surface area (TPSA) is 41.6 Å². The Bertz CT molecular complexity index is 227. The Morgan fingerprint density at radius 2 is 2.13 bits per heavy atom. The average Bonchev–Trinajstić information content (AvgIpc) is 2.30. The van der Waals surface area contributed by atoms with Crippen molar-refractivity contribution in [2.75, 3.05) is 32.8 Å². The molecule has 1 N–H and O–H groups in total. The SMILES string of the molecule is CC(=O)N1CCNCC1C1CCOCC1. The molecule has 86 valence electrons. The first kappa shape index (κ1) is 10.9. The van der Waals surface area contributed by atoms with Gasteiger partial charge < -0.3 is 15.0 Å². The zero-order chi connectivity index (χ0) is 10.7. The van der Waals surface area contributed by atoms with E-state index in [4.69, 9.17) is 4.74 Å². The van der Waals surface area contributed by atoms with Crippen molar-refractivity contribution in [3.63, 3.8) is 0 Å². The fraction of sp³-hybridized carbons (Fsp3) is 0.909. The summed E-state index contributed by atoms with van der Waals surface area (Å²) in [7, 11) is 0. The van der Waals surface area contributed by atoms with E-state index in [0.717, 1.165) is 45.7 Å². The summed E-state index contributed by atoms with van der Waals surface area (Å²) in [6.07, 6.45) is 2.19. The van der Waals surface area contributed by atoms with Gasteiger partial charge in [-0.25, -0.2) is 0 Å². The molecule has 2 heterocycles. The highest BCUT2D eigenvalue weighted by atomic mass is 16.5. The van der Waals surface area contributed by atoms with Gasteiger partial charge in [-0.05, 0) is 18.8 Å². The fourth-order valence-corrected chi connectivity index (χ4v) is 2.64. The van der Waals surface area contributed by atoms with E-state index in [2.05, 4.69) is 5.32 Å². The van der Waals surface area contributed by atoms with Crippen molar-refractivity contribution in [3.8, 4) is 0 Å². The molecular formula is C11H20N2O2. The van der Waals surface area contributed by atoms with E-state index >= 15 is 0 Å². The number of hydrogen-bond acceptors (Lipinski definition) is 3. The van der Waals surface area contributed by atoms with Crippen LogP contribution in [-0.4, -0.2) is 49.7 Å². The molecule has 0 bridgehead atoms. The van der Waals surface area contributed by atoms with Gasteiger partial charge in [-0.15, -0.1) is 0 Å². The molecule has 2 aliphatic heterocycles.